The van der Waals surface area contributed by atoms with Crippen molar-refractivity contribution in [2.24, 2.45) is 18.7 Å². The number of aryl methyl sites for hydroxylation is 2. The lowest BCUT2D eigenvalue weighted by atomic mass is 10.0. The molecule has 0 aliphatic heterocycles. The van der Waals surface area contributed by atoms with Gasteiger partial charge in [0.05, 0.1) is 12.9 Å². The van der Waals surface area contributed by atoms with Crippen molar-refractivity contribution in [1.82, 2.24) is 18.7 Å². The third-order valence-corrected chi connectivity index (χ3v) is 4.08. The molecule has 2 atom stereocenters. The van der Waals surface area contributed by atoms with Crippen LogP contribution in [0.1, 0.15) is 20.8 Å². The summed E-state index contributed by atoms with van der Waals surface area (Å²) in [5.41, 5.74) is 5.64. The third kappa shape index (κ3) is 2.99. The molecule has 0 aliphatic carbocycles. The van der Waals surface area contributed by atoms with Gasteiger partial charge in [-0.1, -0.05) is 6.92 Å². The fraction of sp³-hybridized carbons (Fsp3) is 0.600. The molecule has 2 aromatic rings. The first-order chi connectivity index (χ1) is 11.3. The minimum atomic E-state index is -0.909. The van der Waals surface area contributed by atoms with Crippen molar-refractivity contribution in [3.05, 3.63) is 27.2 Å². The van der Waals surface area contributed by atoms with Crippen LogP contribution in [0, 0.1) is 5.92 Å². The fourth-order valence-electron chi connectivity index (χ4n) is 2.60. The SMILES string of the molecule is CCOC(=O)[C@@H](N)C(C)Cn1c(=O)c2c(ncn2CC)n(C)c1=O. The molecular formula is C15H23N5O4. The van der Waals surface area contributed by atoms with Crippen LogP contribution in [0.2, 0.25) is 0 Å². The van der Waals surface area contributed by atoms with Gasteiger partial charge >= 0.3 is 11.7 Å². The third-order valence-electron chi connectivity index (χ3n) is 4.08. The van der Waals surface area contributed by atoms with E-state index in [4.69, 9.17) is 10.5 Å². The highest BCUT2D eigenvalue weighted by Crippen LogP contribution is 2.08. The van der Waals surface area contributed by atoms with E-state index in [2.05, 4.69) is 4.98 Å². The molecule has 2 rings (SSSR count). The van der Waals surface area contributed by atoms with Crippen LogP contribution in [-0.2, 0) is 29.7 Å². The second kappa shape index (κ2) is 7.00. The van der Waals surface area contributed by atoms with Crippen molar-refractivity contribution in [1.29, 1.82) is 0 Å². The Kier molecular flexibility index (Phi) is 5.23. The number of carbonyl (C=O) groups is 1. The second-order valence-electron chi connectivity index (χ2n) is 5.72. The standard InChI is InChI=1S/C15H23N5O4/c1-5-19-8-17-12-11(19)13(21)20(15(23)18(12)4)7-9(3)10(16)14(22)24-6-2/h8-10H,5-7,16H2,1-4H3/t9?,10-/m0/s1. The topological polar surface area (TPSA) is 114 Å². The molecule has 2 N–H and O–H groups in total. The summed E-state index contributed by atoms with van der Waals surface area (Å²) in [6, 6.07) is -0.909. The summed E-state index contributed by atoms with van der Waals surface area (Å²) in [5, 5.41) is 0. The van der Waals surface area contributed by atoms with E-state index in [0.717, 1.165) is 4.57 Å². The first-order valence-electron chi connectivity index (χ1n) is 7.90. The largest absolute Gasteiger partial charge is 0.465 e. The number of aromatic nitrogens is 4. The van der Waals surface area contributed by atoms with Gasteiger partial charge in [0.1, 0.15) is 6.04 Å². The number of ether oxygens (including phenoxy) is 1. The molecule has 0 bridgehead atoms. The van der Waals surface area contributed by atoms with Crippen LogP contribution in [0.4, 0.5) is 0 Å². The zero-order chi connectivity index (χ0) is 18.0. The Morgan fingerprint density at radius 1 is 1.38 bits per heavy atom. The first-order valence-corrected chi connectivity index (χ1v) is 7.90. The Labute approximate surface area is 138 Å². The van der Waals surface area contributed by atoms with Crippen molar-refractivity contribution in [3.63, 3.8) is 0 Å². The summed E-state index contributed by atoms with van der Waals surface area (Å²) in [6.45, 7) is 6.08. The van der Waals surface area contributed by atoms with E-state index in [1.165, 1.54) is 10.9 Å². The second-order valence-corrected chi connectivity index (χ2v) is 5.72. The average Bonchev–Trinajstić information content (AvgIpc) is 3.00. The molecule has 0 amide bonds. The van der Waals surface area contributed by atoms with Crippen molar-refractivity contribution in [2.45, 2.75) is 39.9 Å². The van der Waals surface area contributed by atoms with E-state index >= 15 is 0 Å². The molecule has 0 fully saturated rings. The Morgan fingerprint density at radius 2 is 2.04 bits per heavy atom. The predicted molar refractivity (Wildman–Crippen MR) is 88.7 cm³/mol. The minimum absolute atomic E-state index is 0.0241. The van der Waals surface area contributed by atoms with Crippen LogP contribution >= 0.6 is 0 Å². The van der Waals surface area contributed by atoms with Gasteiger partial charge in [-0.2, -0.15) is 0 Å². The van der Waals surface area contributed by atoms with Gasteiger partial charge in [-0.25, -0.2) is 9.78 Å². The van der Waals surface area contributed by atoms with Gasteiger partial charge in [-0.05, 0) is 13.8 Å². The van der Waals surface area contributed by atoms with Crippen molar-refractivity contribution in [3.8, 4) is 0 Å². The van der Waals surface area contributed by atoms with Crippen LogP contribution in [0.5, 0.6) is 0 Å². The lowest BCUT2D eigenvalue weighted by Gasteiger charge is -2.19. The molecule has 0 aliphatic rings. The Hall–Kier alpha value is -2.42. The number of rotatable bonds is 6. The molecular weight excluding hydrogens is 314 g/mol. The van der Waals surface area contributed by atoms with Crippen molar-refractivity contribution >= 4 is 17.1 Å². The monoisotopic (exact) mass is 337 g/mol. The number of fused-ring (bicyclic) bond motifs is 1. The highest BCUT2D eigenvalue weighted by Gasteiger charge is 2.25. The highest BCUT2D eigenvalue weighted by atomic mass is 16.5. The molecule has 0 radical (unpaired) electrons. The Morgan fingerprint density at radius 3 is 2.62 bits per heavy atom. The number of carbonyl (C=O) groups excluding carboxylic acids is 1. The van der Waals surface area contributed by atoms with Crippen molar-refractivity contribution < 1.29 is 9.53 Å². The number of imidazole rings is 1. The molecule has 9 nitrogen and oxygen atoms in total. The number of nitrogens with two attached hydrogens (primary N) is 1. The van der Waals surface area contributed by atoms with E-state index in [0.29, 0.717) is 17.7 Å². The van der Waals surface area contributed by atoms with E-state index in [-0.39, 0.29) is 13.2 Å². The Balaban J connectivity index is 2.47. The average molecular weight is 337 g/mol. The summed E-state index contributed by atoms with van der Waals surface area (Å²) in [6.07, 6.45) is 1.53. The molecule has 2 heterocycles. The summed E-state index contributed by atoms with van der Waals surface area (Å²) >= 11 is 0. The van der Waals surface area contributed by atoms with Crippen LogP contribution in [-0.4, -0.2) is 37.3 Å². The van der Waals surface area contributed by atoms with Gasteiger partial charge in [0.25, 0.3) is 5.56 Å². The minimum Gasteiger partial charge on any atom is -0.465 e. The smallest absolute Gasteiger partial charge is 0.332 e. The Bertz CT molecular complexity index is 863. The highest BCUT2D eigenvalue weighted by molar-refractivity contribution is 5.75. The van der Waals surface area contributed by atoms with Crippen LogP contribution in [0.15, 0.2) is 15.9 Å². The number of esters is 1. The van der Waals surface area contributed by atoms with E-state index in [1.54, 1.807) is 25.5 Å². The van der Waals surface area contributed by atoms with Gasteiger partial charge in [-0.3, -0.25) is 18.7 Å². The zero-order valence-corrected chi connectivity index (χ0v) is 14.4. The molecule has 0 aromatic carbocycles. The van der Waals surface area contributed by atoms with Crippen molar-refractivity contribution in [2.75, 3.05) is 6.61 Å². The maximum atomic E-state index is 12.7. The van der Waals surface area contributed by atoms with Gasteiger partial charge < -0.3 is 15.0 Å². The van der Waals surface area contributed by atoms with E-state index in [1.807, 2.05) is 6.92 Å². The quantitative estimate of drug-likeness (QED) is 0.707. The first kappa shape index (κ1) is 17.9. The molecule has 0 saturated carbocycles. The van der Waals surface area contributed by atoms with E-state index in [9.17, 15) is 14.4 Å². The molecule has 24 heavy (non-hydrogen) atoms. The summed E-state index contributed by atoms with van der Waals surface area (Å²) in [4.78, 5) is 41.1. The lowest BCUT2D eigenvalue weighted by molar-refractivity contribution is -0.146. The predicted octanol–water partition coefficient (Wildman–Crippen LogP) is -0.557. The van der Waals surface area contributed by atoms with E-state index < -0.39 is 29.2 Å². The van der Waals surface area contributed by atoms with Gasteiger partial charge in [-0.15, -0.1) is 0 Å². The number of nitrogens with zero attached hydrogens (tertiary/aromatic N) is 4. The number of hydrogen-bond acceptors (Lipinski definition) is 6. The number of hydrogen-bond donors (Lipinski definition) is 1. The molecule has 0 spiro atoms. The maximum Gasteiger partial charge on any atom is 0.332 e. The summed E-state index contributed by atoms with van der Waals surface area (Å²) < 4.78 is 9.00. The lowest BCUT2D eigenvalue weighted by Crippen LogP contribution is -2.46. The van der Waals surface area contributed by atoms with Gasteiger partial charge in [0.2, 0.25) is 0 Å². The fourth-order valence-corrected chi connectivity index (χ4v) is 2.60. The molecule has 1 unspecified atom stereocenters. The summed E-state index contributed by atoms with van der Waals surface area (Å²) in [5.74, 6) is -0.987. The van der Waals surface area contributed by atoms with Crippen LogP contribution < -0.4 is 17.0 Å². The van der Waals surface area contributed by atoms with Gasteiger partial charge in [0, 0.05) is 26.1 Å². The zero-order valence-electron chi connectivity index (χ0n) is 14.4. The normalized spacial score (nSPS) is 13.9. The summed E-state index contributed by atoms with van der Waals surface area (Å²) in [7, 11) is 1.56. The molecule has 0 saturated heterocycles. The van der Waals surface area contributed by atoms with Crippen LogP contribution in [0.3, 0.4) is 0 Å². The molecule has 9 heteroatoms. The van der Waals surface area contributed by atoms with Gasteiger partial charge in [0.15, 0.2) is 11.2 Å². The maximum absolute atomic E-state index is 12.7. The van der Waals surface area contributed by atoms with Crippen LogP contribution in [0.25, 0.3) is 11.2 Å². The molecule has 132 valence electrons. The molecule has 2 aromatic heterocycles.